The highest BCUT2D eigenvalue weighted by Gasteiger charge is 2.15. The Morgan fingerprint density at radius 2 is 1.79 bits per heavy atom. The van der Waals surface area contributed by atoms with Gasteiger partial charge in [-0.2, -0.15) is 0 Å². The first-order chi connectivity index (χ1) is 9.13. The molecule has 0 saturated heterocycles. The summed E-state index contributed by atoms with van der Waals surface area (Å²) in [5.74, 6) is 0.0909. The molecule has 0 fully saturated rings. The van der Waals surface area contributed by atoms with Crippen molar-refractivity contribution in [1.29, 1.82) is 0 Å². The standard InChI is InChI=1S/C15H13BrN2O/c16-12-4-1-10(8-13(12)17)9-2-5-14-11(7-9)3-6-15(19)18-14/h1-2,4-5,7-8H,3,6,17H2,(H,18,19). The van der Waals surface area contributed by atoms with Crippen LogP contribution in [0.5, 0.6) is 0 Å². The molecular weight excluding hydrogens is 304 g/mol. The quantitative estimate of drug-likeness (QED) is 0.790. The zero-order valence-electron chi connectivity index (χ0n) is 10.2. The van der Waals surface area contributed by atoms with E-state index in [-0.39, 0.29) is 5.91 Å². The average Bonchev–Trinajstić information content (AvgIpc) is 2.41. The van der Waals surface area contributed by atoms with E-state index in [1.807, 2.05) is 30.3 Å². The smallest absolute Gasteiger partial charge is 0.224 e. The number of carbonyl (C=O) groups is 1. The number of carbonyl (C=O) groups excluding carboxylic acids is 1. The van der Waals surface area contributed by atoms with Gasteiger partial charge in [0, 0.05) is 22.3 Å². The third kappa shape index (κ3) is 2.36. The Hall–Kier alpha value is -1.81. The van der Waals surface area contributed by atoms with Gasteiger partial charge in [0.25, 0.3) is 0 Å². The van der Waals surface area contributed by atoms with Crippen LogP contribution in [0.2, 0.25) is 0 Å². The maximum atomic E-state index is 11.3. The number of halogens is 1. The van der Waals surface area contributed by atoms with E-state index in [9.17, 15) is 4.79 Å². The molecule has 1 amide bonds. The van der Waals surface area contributed by atoms with Crippen molar-refractivity contribution in [3.05, 3.63) is 46.4 Å². The fourth-order valence-corrected chi connectivity index (χ4v) is 2.53. The van der Waals surface area contributed by atoms with Crippen LogP contribution in [0.1, 0.15) is 12.0 Å². The molecule has 0 radical (unpaired) electrons. The Labute approximate surface area is 119 Å². The van der Waals surface area contributed by atoms with Gasteiger partial charge in [0.05, 0.1) is 0 Å². The van der Waals surface area contributed by atoms with Gasteiger partial charge in [0.15, 0.2) is 0 Å². The average molecular weight is 317 g/mol. The number of anilines is 2. The second-order valence-electron chi connectivity index (χ2n) is 4.66. The summed E-state index contributed by atoms with van der Waals surface area (Å²) in [6, 6.07) is 12.0. The first-order valence-corrected chi connectivity index (χ1v) is 6.91. The highest BCUT2D eigenvalue weighted by molar-refractivity contribution is 9.10. The van der Waals surface area contributed by atoms with Gasteiger partial charge in [0.2, 0.25) is 5.91 Å². The van der Waals surface area contributed by atoms with Crippen LogP contribution in [0.25, 0.3) is 11.1 Å². The molecule has 0 aliphatic carbocycles. The number of benzene rings is 2. The fraction of sp³-hybridized carbons (Fsp3) is 0.133. The fourth-order valence-electron chi connectivity index (χ4n) is 2.29. The number of rotatable bonds is 1. The largest absolute Gasteiger partial charge is 0.398 e. The molecule has 4 heteroatoms. The van der Waals surface area contributed by atoms with Crippen LogP contribution in [0.15, 0.2) is 40.9 Å². The molecule has 3 rings (SSSR count). The van der Waals surface area contributed by atoms with Gasteiger partial charge in [-0.05, 0) is 63.3 Å². The van der Waals surface area contributed by atoms with Crippen LogP contribution in [0.4, 0.5) is 11.4 Å². The van der Waals surface area contributed by atoms with Crippen LogP contribution >= 0.6 is 15.9 Å². The molecule has 2 aromatic carbocycles. The molecule has 2 aromatic rings. The van der Waals surface area contributed by atoms with Crippen LogP contribution < -0.4 is 11.1 Å². The van der Waals surface area contributed by atoms with Crippen LogP contribution in [-0.2, 0) is 11.2 Å². The van der Waals surface area contributed by atoms with E-state index in [2.05, 4.69) is 27.3 Å². The summed E-state index contributed by atoms with van der Waals surface area (Å²) in [7, 11) is 0. The molecule has 1 aliphatic rings. The summed E-state index contributed by atoms with van der Waals surface area (Å²) >= 11 is 3.40. The number of aryl methyl sites for hydroxylation is 1. The topological polar surface area (TPSA) is 55.1 Å². The van der Waals surface area contributed by atoms with Crippen molar-refractivity contribution in [3.63, 3.8) is 0 Å². The van der Waals surface area contributed by atoms with Crippen molar-refractivity contribution in [1.82, 2.24) is 0 Å². The van der Waals surface area contributed by atoms with Gasteiger partial charge in [-0.3, -0.25) is 4.79 Å². The molecular formula is C15H13BrN2O. The summed E-state index contributed by atoms with van der Waals surface area (Å²) in [5.41, 5.74) is 10.9. The number of nitrogens with two attached hydrogens (primary N) is 1. The van der Waals surface area contributed by atoms with E-state index in [1.165, 1.54) is 5.56 Å². The Kier molecular flexibility index (Phi) is 3.03. The number of hydrogen-bond acceptors (Lipinski definition) is 2. The highest BCUT2D eigenvalue weighted by Crippen LogP contribution is 2.31. The molecule has 0 bridgehead atoms. The lowest BCUT2D eigenvalue weighted by molar-refractivity contribution is -0.116. The van der Waals surface area contributed by atoms with E-state index < -0.39 is 0 Å². The molecule has 0 unspecified atom stereocenters. The molecule has 0 saturated carbocycles. The van der Waals surface area contributed by atoms with Crippen LogP contribution in [-0.4, -0.2) is 5.91 Å². The summed E-state index contributed by atoms with van der Waals surface area (Å²) in [4.78, 5) is 11.3. The summed E-state index contributed by atoms with van der Waals surface area (Å²) in [5, 5.41) is 2.89. The predicted octanol–water partition coefficient (Wildman–Crippen LogP) is 3.58. The van der Waals surface area contributed by atoms with Crippen molar-refractivity contribution in [3.8, 4) is 11.1 Å². The van der Waals surface area contributed by atoms with Gasteiger partial charge in [-0.1, -0.05) is 12.1 Å². The first kappa shape index (κ1) is 12.2. The van der Waals surface area contributed by atoms with Gasteiger partial charge in [-0.25, -0.2) is 0 Å². The number of fused-ring (bicyclic) bond motifs is 1. The van der Waals surface area contributed by atoms with Gasteiger partial charge >= 0.3 is 0 Å². The minimum atomic E-state index is 0.0909. The Balaban J connectivity index is 2.02. The second kappa shape index (κ2) is 4.70. The lowest BCUT2D eigenvalue weighted by atomic mass is 9.97. The van der Waals surface area contributed by atoms with E-state index in [0.717, 1.165) is 33.4 Å². The van der Waals surface area contributed by atoms with E-state index >= 15 is 0 Å². The highest BCUT2D eigenvalue weighted by atomic mass is 79.9. The summed E-state index contributed by atoms with van der Waals surface area (Å²) < 4.78 is 0.904. The molecule has 0 spiro atoms. The van der Waals surface area contributed by atoms with Crippen molar-refractivity contribution < 1.29 is 4.79 Å². The normalized spacial score (nSPS) is 13.8. The number of hydrogen-bond donors (Lipinski definition) is 2. The SMILES string of the molecule is Nc1cc(-c2ccc3c(c2)CCC(=O)N3)ccc1Br. The maximum Gasteiger partial charge on any atom is 0.224 e. The van der Waals surface area contributed by atoms with E-state index in [0.29, 0.717) is 6.42 Å². The minimum absolute atomic E-state index is 0.0909. The Bertz CT molecular complexity index is 667. The molecule has 1 heterocycles. The molecule has 96 valence electrons. The molecule has 1 aliphatic heterocycles. The number of nitrogens with one attached hydrogen (secondary N) is 1. The summed E-state index contributed by atoms with van der Waals surface area (Å²) in [6.07, 6.45) is 1.35. The maximum absolute atomic E-state index is 11.3. The Morgan fingerprint density at radius 1 is 1.05 bits per heavy atom. The molecule has 0 aromatic heterocycles. The van der Waals surface area contributed by atoms with Crippen LogP contribution in [0.3, 0.4) is 0 Å². The molecule has 3 N–H and O–H groups in total. The first-order valence-electron chi connectivity index (χ1n) is 6.11. The lowest BCUT2D eigenvalue weighted by Gasteiger charge is -2.17. The third-order valence-corrected chi connectivity index (χ3v) is 4.05. The van der Waals surface area contributed by atoms with Crippen molar-refractivity contribution in [2.45, 2.75) is 12.8 Å². The van der Waals surface area contributed by atoms with Gasteiger partial charge < -0.3 is 11.1 Å². The minimum Gasteiger partial charge on any atom is -0.398 e. The predicted molar refractivity (Wildman–Crippen MR) is 80.9 cm³/mol. The second-order valence-corrected chi connectivity index (χ2v) is 5.51. The number of amides is 1. The Morgan fingerprint density at radius 3 is 2.58 bits per heavy atom. The molecule has 3 nitrogen and oxygen atoms in total. The van der Waals surface area contributed by atoms with Gasteiger partial charge in [0.1, 0.15) is 0 Å². The van der Waals surface area contributed by atoms with E-state index in [4.69, 9.17) is 5.73 Å². The van der Waals surface area contributed by atoms with Crippen molar-refractivity contribution in [2.75, 3.05) is 11.1 Å². The monoisotopic (exact) mass is 316 g/mol. The molecule has 0 atom stereocenters. The van der Waals surface area contributed by atoms with E-state index in [1.54, 1.807) is 0 Å². The number of nitrogen functional groups attached to an aromatic ring is 1. The zero-order valence-corrected chi connectivity index (χ0v) is 11.8. The lowest BCUT2D eigenvalue weighted by Crippen LogP contribution is -2.18. The van der Waals surface area contributed by atoms with Crippen molar-refractivity contribution in [2.24, 2.45) is 0 Å². The van der Waals surface area contributed by atoms with Gasteiger partial charge in [-0.15, -0.1) is 0 Å². The third-order valence-electron chi connectivity index (χ3n) is 3.33. The zero-order chi connectivity index (χ0) is 13.4. The molecule has 19 heavy (non-hydrogen) atoms. The van der Waals surface area contributed by atoms with Crippen molar-refractivity contribution >= 4 is 33.2 Å². The summed E-state index contributed by atoms with van der Waals surface area (Å²) in [6.45, 7) is 0. The van der Waals surface area contributed by atoms with Crippen LogP contribution in [0, 0.1) is 0 Å².